The lowest BCUT2D eigenvalue weighted by Gasteiger charge is -2.51. The summed E-state index contributed by atoms with van der Waals surface area (Å²) >= 11 is 0. The molecule has 0 aromatic heterocycles. The van der Waals surface area contributed by atoms with Crippen LogP contribution in [0.4, 0.5) is 0 Å². The van der Waals surface area contributed by atoms with Crippen LogP contribution in [-0.2, 0) is 9.47 Å². The van der Waals surface area contributed by atoms with E-state index in [1.165, 1.54) is 19.3 Å². The molecule has 0 unspecified atom stereocenters. The molecule has 1 aliphatic carbocycles. The van der Waals surface area contributed by atoms with Crippen molar-refractivity contribution in [3.05, 3.63) is 29.8 Å². The van der Waals surface area contributed by atoms with Gasteiger partial charge in [-0.25, -0.2) is 0 Å². The van der Waals surface area contributed by atoms with Crippen LogP contribution in [0.1, 0.15) is 58.1 Å². The average molecular weight is 347 g/mol. The van der Waals surface area contributed by atoms with E-state index < -0.39 is 0 Å². The molecule has 1 saturated carbocycles. The number of para-hydroxylation sites is 1. The van der Waals surface area contributed by atoms with E-state index in [1.807, 2.05) is 18.2 Å². The topological polar surface area (TPSA) is 39.7 Å². The van der Waals surface area contributed by atoms with Crippen LogP contribution < -0.4 is 10.1 Å². The van der Waals surface area contributed by atoms with Gasteiger partial charge in [-0.05, 0) is 38.7 Å². The lowest BCUT2D eigenvalue weighted by molar-refractivity contribution is -0.165. The molecule has 140 valence electrons. The summed E-state index contributed by atoms with van der Waals surface area (Å²) in [7, 11) is 3.47. The Morgan fingerprint density at radius 1 is 1.24 bits per heavy atom. The summed E-state index contributed by atoms with van der Waals surface area (Å²) in [6.07, 6.45) is 4.79. The largest absolute Gasteiger partial charge is 0.496 e. The molecule has 0 amide bonds. The first kappa shape index (κ1) is 18.7. The number of nitrogens with one attached hydrogen (secondary N) is 1. The second-order valence-corrected chi connectivity index (χ2v) is 8.26. The summed E-state index contributed by atoms with van der Waals surface area (Å²) in [5.74, 6) is 2.21. The van der Waals surface area contributed by atoms with Crippen molar-refractivity contribution >= 4 is 0 Å². The van der Waals surface area contributed by atoms with Crippen molar-refractivity contribution in [2.45, 2.75) is 70.4 Å². The maximum Gasteiger partial charge on any atom is 0.124 e. The van der Waals surface area contributed by atoms with E-state index in [0.29, 0.717) is 12.0 Å². The van der Waals surface area contributed by atoms with Crippen molar-refractivity contribution < 1.29 is 14.2 Å². The van der Waals surface area contributed by atoms with E-state index in [9.17, 15) is 0 Å². The van der Waals surface area contributed by atoms with Gasteiger partial charge in [0, 0.05) is 30.6 Å². The maximum absolute atomic E-state index is 6.49. The van der Waals surface area contributed by atoms with Crippen LogP contribution in [0.15, 0.2) is 24.3 Å². The van der Waals surface area contributed by atoms with Gasteiger partial charge in [-0.2, -0.15) is 0 Å². The van der Waals surface area contributed by atoms with E-state index in [4.69, 9.17) is 14.2 Å². The highest BCUT2D eigenvalue weighted by Gasteiger charge is 2.45. The number of fused-ring (bicyclic) bond motifs is 1. The van der Waals surface area contributed by atoms with Crippen LogP contribution in [0, 0.1) is 11.8 Å². The van der Waals surface area contributed by atoms with Gasteiger partial charge in [0.05, 0.1) is 19.3 Å². The van der Waals surface area contributed by atoms with Crippen LogP contribution in [0.3, 0.4) is 0 Å². The molecule has 1 aromatic rings. The lowest BCUT2D eigenvalue weighted by atomic mass is 9.70. The van der Waals surface area contributed by atoms with Gasteiger partial charge in [-0.3, -0.25) is 5.32 Å². The van der Waals surface area contributed by atoms with Crippen molar-refractivity contribution in [1.29, 1.82) is 0 Å². The summed E-state index contributed by atoms with van der Waals surface area (Å²) in [6, 6.07) is 8.08. The Hall–Kier alpha value is -1.10. The highest BCUT2D eigenvalue weighted by atomic mass is 16.5. The summed E-state index contributed by atoms with van der Waals surface area (Å²) in [5.41, 5.74) is 1.17. The summed E-state index contributed by atoms with van der Waals surface area (Å²) in [5, 5.41) is 3.74. The van der Waals surface area contributed by atoms with E-state index in [0.717, 1.165) is 23.7 Å². The Morgan fingerprint density at radius 3 is 2.72 bits per heavy atom. The molecule has 1 N–H and O–H groups in total. The van der Waals surface area contributed by atoms with Crippen LogP contribution in [0.25, 0.3) is 0 Å². The van der Waals surface area contributed by atoms with E-state index in [-0.39, 0.29) is 17.9 Å². The second kappa shape index (κ2) is 7.65. The Morgan fingerprint density at radius 2 is 2.00 bits per heavy atom. The van der Waals surface area contributed by atoms with Gasteiger partial charge in [0.15, 0.2) is 0 Å². The van der Waals surface area contributed by atoms with Crippen LogP contribution in [0.2, 0.25) is 0 Å². The minimum atomic E-state index is -0.0537. The number of ether oxygens (including phenoxy) is 3. The van der Waals surface area contributed by atoms with Gasteiger partial charge in [0.2, 0.25) is 0 Å². The molecule has 5 atom stereocenters. The number of hydrogen-bond donors (Lipinski definition) is 1. The molecule has 1 aliphatic heterocycles. The molecule has 2 aliphatic rings. The van der Waals surface area contributed by atoms with Crippen molar-refractivity contribution in [2.75, 3.05) is 14.2 Å². The first-order valence-corrected chi connectivity index (χ1v) is 9.53. The normalized spacial score (nSPS) is 32.7. The second-order valence-electron chi connectivity index (χ2n) is 8.26. The fraction of sp³-hybridized carbons (Fsp3) is 0.714. The Balaban J connectivity index is 1.75. The van der Waals surface area contributed by atoms with Gasteiger partial charge in [0.25, 0.3) is 0 Å². The third-order valence-electron chi connectivity index (χ3n) is 6.05. The monoisotopic (exact) mass is 347 g/mol. The van der Waals surface area contributed by atoms with Gasteiger partial charge >= 0.3 is 0 Å². The molecule has 0 radical (unpaired) electrons. The molecule has 1 aromatic carbocycles. The van der Waals surface area contributed by atoms with Gasteiger partial charge < -0.3 is 14.2 Å². The Kier molecular flexibility index (Phi) is 5.71. The molecule has 3 rings (SSSR count). The van der Waals surface area contributed by atoms with E-state index >= 15 is 0 Å². The molecule has 2 fully saturated rings. The standard InChI is InChI=1S/C21H33NO3/c1-14-10-11-16-19(12-14)25-20(22-21(16,2)3)13-18(24-5)15-8-6-7-9-17(15)23-4/h6-9,14,16,18-20,22H,10-13H2,1-5H3/t14-,16-,18+,19-,20+/m1/s1. The molecule has 4 heteroatoms. The molecule has 4 nitrogen and oxygen atoms in total. The number of rotatable bonds is 5. The van der Waals surface area contributed by atoms with Crippen molar-refractivity contribution in [1.82, 2.24) is 5.32 Å². The summed E-state index contributed by atoms with van der Waals surface area (Å²) in [4.78, 5) is 0. The molecule has 1 heterocycles. The molecular weight excluding hydrogens is 314 g/mol. The maximum atomic E-state index is 6.49. The smallest absolute Gasteiger partial charge is 0.124 e. The molecule has 25 heavy (non-hydrogen) atoms. The summed E-state index contributed by atoms with van der Waals surface area (Å²) in [6.45, 7) is 6.98. The van der Waals surface area contributed by atoms with Crippen LogP contribution >= 0.6 is 0 Å². The SMILES string of the molecule is COc1ccccc1[C@H](C[C@H]1NC(C)(C)[C@@H]2CC[C@@H](C)C[C@H]2O1)OC. The van der Waals surface area contributed by atoms with Crippen molar-refractivity contribution in [2.24, 2.45) is 11.8 Å². The fourth-order valence-electron chi connectivity index (χ4n) is 4.66. The van der Waals surface area contributed by atoms with Gasteiger partial charge in [-0.1, -0.05) is 31.5 Å². The Labute approximate surface area is 152 Å². The third kappa shape index (κ3) is 4.02. The van der Waals surface area contributed by atoms with Crippen LogP contribution in [0.5, 0.6) is 5.75 Å². The molecule has 0 spiro atoms. The van der Waals surface area contributed by atoms with Crippen molar-refractivity contribution in [3.63, 3.8) is 0 Å². The zero-order valence-corrected chi connectivity index (χ0v) is 16.2. The highest BCUT2D eigenvalue weighted by molar-refractivity contribution is 5.35. The molecule has 0 bridgehead atoms. The highest BCUT2D eigenvalue weighted by Crippen LogP contribution is 2.42. The lowest BCUT2D eigenvalue weighted by Crippen LogP contribution is -2.62. The van der Waals surface area contributed by atoms with E-state index in [1.54, 1.807) is 14.2 Å². The molecule has 1 saturated heterocycles. The van der Waals surface area contributed by atoms with Gasteiger partial charge in [0.1, 0.15) is 12.0 Å². The predicted molar refractivity (Wildman–Crippen MR) is 99.7 cm³/mol. The number of hydrogen-bond acceptors (Lipinski definition) is 4. The molecular formula is C21H33NO3. The fourth-order valence-corrected chi connectivity index (χ4v) is 4.66. The minimum Gasteiger partial charge on any atom is -0.496 e. The number of methoxy groups -OCH3 is 2. The first-order chi connectivity index (χ1) is 11.9. The van der Waals surface area contributed by atoms with Crippen molar-refractivity contribution in [3.8, 4) is 5.75 Å². The van der Waals surface area contributed by atoms with Gasteiger partial charge in [-0.15, -0.1) is 0 Å². The summed E-state index contributed by atoms with van der Waals surface area (Å²) < 4.78 is 17.8. The quantitative estimate of drug-likeness (QED) is 0.862. The zero-order valence-electron chi connectivity index (χ0n) is 16.2. The minimum absolute atomic E-state index is 0.00332. The zero-order chi connectivity index (χ0) is 18.0. The predicted octanol–water partition coefficient (Wildman–Crippen LogP) is 4.30. The Bertz CT molecular complexity index is 574. The van der Waals surface area contributed by atoms with Crippen LogP contribution in [-0.4, -0.2) is 32.1 Å². The first-order valence-electron chi connectivity index (χ1n) is 9.53. The third-order valence-corrected chi connectivity index (χ3v) is 6.05. The average Bonchev–Trinajstić information content (AvgIpc) is 2.58. The number of benzene rings is 1. The van der Waals surface area contributed by atoms with E-state index in [2.05, 4.69) is 32.2 Å².